The molecule has 10 heteroatoms. The highest BCUT2D eigenvalue weighted by atomic mass is 32.1. The van der Waals surface area contributed by atoms with Crippen LogP contribution in [-0.2, 0) is 6.18 Å². The van der Waals surface area contributed by atoms with E-state index >= 15 is 0 Å². The summed E-state index contributed by atoms with van der Waals surface area (Å²) < 4.78 is 40.1. The Morgan fingerprint density at radius 2 is 1.77 bits per heavy atom. The second-order valence-electron chi connectivity index (χ2n) is 7.97. The van der Waals surface area contributed by atoms with Crippen LogP contribution in [0.3, 0.4) is 0 Å². The lowest BCUT2D eigenvalue weighted by atomic mass is 9.95. The van der Waals surface area contributed by atoms with Crippen molar-refractivity contribution < 1.29 is 22.8 Å². The van der Waals surface area contributed by atoms with Gasteiger partial charge >= 0.3 is 6.18 Å². The highest BCUT2D eigenvalue weighted by Crippen LogP contribution is 2.33. The Labute approximate surface area is 185 Å². The first-order valence-electron chi connectivity index (χ1n) is 10.1. The molecule has 2 heterocycles. The zero-order valence-electron chi connectivity index (χ0n) is 17.1. The number of aromatic nitrogens is 2. The van der Waals surface area contributed by atoms with Gasteiger partial charge in [0.15, 0.2) is 0 Å². The Kier molecular flexibility index (Phi) is 6.68. The molecular formula is C21H25F3N4O2S. The number of amides is 2. The van der Waals surface area contributed by atoms with E-state index < -0.39 is 17.6 Å². The van der Waals surface area contributed by atoms with E-state index in [0.29, 0.717) is 5.69 Å². The number of rotatable bonds is 3. The molecule has 31 heavy (non-hydrogen) atoms. The molecule has 0 saturated heterocycles. The monoisotopic (exact) mass is 454 g/mol. The van der Waals surface area contributed by atoms with Gasteiger partial charge in [0, 0.05) is 18.3 Å². The summed E-state index contributed by atoms with van der Waals surface area (Å²) in [4.78, 5) is 27.4. The van der Waals surface area contributed by atoms with E-state index in [4.69, 9.17) is 0 Å². The Morgan fingerprint density at radius 1 is 1.13 bits per heavy atom. The second kappa shape index (κ2) is 8.94. The van der Waals surface area contributed by atoms with Crippen LogP contribution in [0, 0.1) is 0 Å². The third kappa shape index (κ3) is 4.58. The molecule has 2 aliphatic rings. The first kappa shape index (κ1) is 23.2. The lowest BCUT2D eigenvalue weighted by Gasteiger charge is -2.32. The third-order valence-corrected chi connectivity index (χ3v) is 5.80. The number of carbonyl (C=O) groups is 2. The predicted octanol–water partition coefficient (Wildman–Crippen LogP) is 4.30. The molecule has 0 unspecified atom stereocenters. The first-order chi connectivity index (χ1) is 14.3. The fourth-order valence-electron chi connectivity index (χ4n) is 4.19. The lowest BCUT2D eigenvalue weighted by Crippen LogP contribution is -2.44. The van der Waals surface area contributed by atoms with Crippen LogP contribution >= 0.6 is 13.5 Å². The zero-order chi connectivity index (χ0) is 21.5. The van der Waals surface area contributed by atoms with Crippen LogP contribution < -0.4 is 10.2 Å². The molecule has 0 spiro atoms. The second-order valence-corrected chi connectivity index (χ2v) is 7.97. The summed E-state index contributed by atoms with van der Waals surface area (Å²) in [5.41, 5.74) is -0.0525. The quantitative estimate of drug-likeness (QED) is 0.752. The average molecular weight is 455 g/mol. The number of hydrogen-bond donors (Lipinski definition) is 1. The fraction of sp³-hybridized carbons (Fsp3) is 0.476. The largest absolute Gasteiger partial charge is 0.416 e. The van der Waals surface area contributed by atoms with Crippen LogP contribution in [-0.4, -0.2) is 34.2 Å². The molecule has 4 rings (SSSR count). The van der Waals surface area contributed by atoms with Crippen molar-refractivity contribution in [1.82, 2.24) is 15.1 Å². The minimum Gasteiger partial charge on any atom is -0.349 e. The number of carbonyl (C=O) groups excluding carboxylic acids is 2. The van der Waals surface area contributed by atoms with Crippen molar-refractivity contribution in [3.05, 3.63) is 47.3 Å². The Hall–Kier alpha value is -2.49. The molecule has 2 aromatic rings. The van der Waals surface area contributed by atoms with Gasteiger partial charge in [-0.2, -0.15) is 31.8 Å². The highest BCUT2D eigenvalue weighted by Gasteiger charge is 2.36. The summed E-state index contributed by atoms with van der Waals surface area (Å²) in [6, 6.07) is 4.33. The summed E-state index contributed by atoms with van der Waals surface area (Å²) in [5.74, 6) is -0.780. The first-order valence-corrected chi connectivity index (χ1v) is 10.1. The molecule has 6 nitrogen and oxygen atoms in total. The molecule has 1 aromatic heterocycles. The van der Waals surface area contributed by atoms with Crippen LogP contribution in [0.5, 0.6) is 0 Å². The number of alkyl halides is 3. The van der Waals surface area contributed by atoms with Crippen LogP contribution in [0.2, 0.25) is 0 Å². The number of nitrogens with zero attached hydrogens (tertiary/aromatic N) is 3. The van der Waals surface area contributed by atoms with Crippen LogP contribution in [0.4, 0.5) is 18.9 Å². The van der Waals surface area contributed by atoms with Gasteiger partial charge in [-0.15, -0.1) is 0 Å². The molecule has 1 aliphatic carbocycles. The summed E-state index contributed by atoms with van der Waals surface area (Å²) in [6.45, 7) is 2.10. The molecule has 1 aromatic carbocycles. The van der Waals surface area contributed by atoms with Crippen molar-refractivity contribution in [1.29, 1.82) is 0 Å². The smallest absolute Gasteiger partial charge is 0.349 e. The van der Waals surface area contributed by atoms with Gasteiger partial charge < -0.3 is 10.2 Å². The van der Waals surface area contributed by atoms with Gasteiger partial charge in [0.2, 0.25) is 0 Å². The molecule has 0 bridgehead atoms. The molecule has 1 saturated carbocycles. The van der Waals surface area contributed by atoms with Crippen molar-refractivity contribution in [2.75, 3.05) is 11.4 Å². The number of halogens is 3. The predicted molar refractivity (Wildman–Crippen MR) is 115 cm³/mol. The maximum Gasteiger partial charge on any atom is 0.416 e. The average Bonchev–Trinajstić information content (AvgIpc) is 3.17. The number of fused-ring (bicyclic) bond motifs is 1. The van der Waals surface area contributed by atoms with E-state index in [-0.39, 0.29) is 49.3 Å². The van der Waals surface area contributed by atoms with Crippen molar-refractivity contribution in [2.24, 2.45) is 0 Å². The minimum atomic E-state index is -4.44. The molecule has 1 atom stereocenters. The van der Waals surface area contributed by atoms with Gasteiger partial charge in [0.25, 0.3) is 11.8 Å². The van der Waals surface area contributed by atoms with Gasteiger partial charge in [-0.25, -0.2) is 0 Å². The molecule has 1 aliphatic heterocycles. The van der Waals surface area contributed by atoms with E-state index in [9.17, 15) is 22.8 Å². The van der Waals surface area contributed by atoms with E-state index in [2.05, 4.69) is 10.4 Å². The lowest BCUT2D eigenvalue weighted by molar-refractivity contribution is -0.137. The maximum absolute atomic E-state index is 13.2. The maximum atomic E-state index is 13.2. The number of benzene rings is 1. The molecule has 168 valence electrons. The summed E-state index contributed by atoms with van der Waals surface area (Å²) in [7, 11) is 0. The SMILES string of the molecule is C[C@H]1CN(c2ccc(C(F)(F)F)cc2)C(=O)c2c(C(=O)NC3CCCCC3)cnn21.S. The summed E-state index contributed by atoms with van der Waals surface area (Å²) in [5, 5.41) is 7.23. The van der Waals surface area contributed by atoms with Crippen molar-refractivity contribution >= 4 is 31.0 Å². The summed E-state index contributed by atoms with van der Waals surface area (Å²) in [6.07, 6.45) is 2.07. The van der Waals surface area contributed by atoms with Crippen LogP contribution in [0.1, 0.15) is 71.5 Å². The van der Waals surface area contributed by atoms with Crippen molar-refractivity contribution in [3.8, 4) is 0 Å². The van der Waals surface area contributed by atoms with Gasteiger partial charge in [-0.1, -0.05) is 19.3 Å². The van der Waals surface area contributed by atoms with Crippen molar-refractivity contribution in [2.45, 2.75) is 57.3 Å². The van der Waals surface area contributed by atoms with Gasteiger partial charge in [0.05, 0.1) is 23.4 Å². The van der Waals surface area contributed by atoms with E-state index in [0.717, 1.165) is 44.2 Å². The number of anilines is 1. The Balaban J connectivity index is 0.00000272. The van der Waals surface area contributed by atoms with Crippen LogP contribution in [0.15, 0.2) is 30.5 Å². The standard InChI is InChI=1S/C21H23F3N4O2.H2S/c1-13-12-27(16-9-7-14(8-10-16)21(22,23)24)20(30)18-17(11-25-28(13)18)19(29)26-15-5-3-2-4-6-15;/h7-11,13,15H,2-6,12H2,1H3,(H,26,29);1H2/t13-;/m0./s1. The third-order valence-electron chi connectivity index (χ3n) is 5.80. The Bertz CT molecular complexity index is 953. The Morgan fingerprint density at radius 3 is 2.39 bits per heavy atom. The molecule has 2 amide bonds. The molecule has 1 fully saturated rings. The topological polar surface area (TPSA) is 67.2 Å². The molecular weight excluding hydrogens is 429 g/mol. The molecule has 1 N–H and O–H groups in total. The number of nitrogens with one attached hydrogen (secondary N) is 1. The summed E-state index contributed by atoms with van der Waals surface area (Å²) >= 11 is 0. The minimum absolute atomic E-state index is 0. The normalized spacial score (nSPS) is 19.5. The van der Waals surface area contributed by atoms with Crippen LogP contribution in [0.25, 0.3) is 0 Å². The zero-order valence-corrected chi connectivity index (χ0v) is 18.1. The molecule has 0 radical (unpaired) electrons. The van der Waals surface area contributed by atoms with E-state index in [1.165, 1.54) is 27.9 Å². The van der Waals surface area contributed by atoms with E-state index in [1.807, 2.05) is 6.92 Å². The van der Waals surface area contributed by atoms with Gasteiger partial charge in [-0.3, -0.25) is 14.3 Å². The fourth-order valence-corrected chi connectivity index (χ4v) is 4.19. The highest BCUT2D eigenvalue weighted by molar-refractivity contribution is 7.59. The van der Waals surface area contributed by atoms with Crippen molar-refractivity contribution in [3.63, 3.8) is 0 Å². The number of hydrogen-bond acceptors (Lipinski definition) is 3. The van der Waals surface area contributed by atoms with Gasteiger partial charge in [-0.05, 0) is 44.0 Å². The van der Waals surface area contributed by atoms with E-state index in [1.54, 1.807) is 0 Å². The van der Waals surface area contributed by atoms with Gasteiger partial charge in [0.1, 0.15) is 5.69 Å².